The van der Waals surface area contributed by atoms with Crippen molar-refractivity contribution in [2.24, 2.45) is 11.7 Å². The number of carbonyl (C=O) groups is 1. The second kappa shape index (κ2) is 7.99. The van der Waals surface area contributed by atoms with Crippen molar-refractivity contribution in [3.63, 3.8) is 0 Å². The largest absolute Gasteiger partial charge is 0.346 e. The molecule has 1 aliphatic carbocycles. The van der Waals surface area contributed by atoms with E-state index in [-0.39, 0.29) is 5.91 Å². The number of likely N-dealkylation sites (tertiary alicyclic amines) is 1. The normalized spacial score (nSPS) is 27.1. The number of piperidine rings is 1. The van der Waals surface area contributed by atoms with E-state index in [9.17, 15) is 4.79 Å². The van der Waals surface area contributed by atoms with Crippen molar-refractivity contribution >= 4 is 5.91 Å². The number of carbonyl (C=O) groups excluding carboxylic acids is 1. The third kappa shape index (κ3) is 4.19. The van der Waals surface area contributed by atoms with Gasteiger partial charge in [0.1, 0.15) is 0 Å². The van der Waals surface area contributed by atoms with E-state index in [1.54, 1.807) is 0 Å². The molecule has 0 aromatic heterocycles. The van der Waals surface area contributed by atoms with Crippen molar-refractivity contribution in [1.82, 2.24) is 9.80 Å². The molecule has 1 aliphatic heterocycles. The number of amides is 1. The maximum Gasteiger partial charge on any atom is 0.223 e. The second-order valence-electron chi connectivity index (χ2n) is 6.50. The van der Waals surface area contributed by atoms with Crippen molar-refractivity contribution in [2.45, 2.75) is 57.4 Å². The first-order chi connectivity index (χ1) is 9.72. The first-order valence-electron chi connectivity index (χ1n) is 8.40. The highest BCUT2D eigenvalue weighted by Crippen LogP contribution is 2.35. The summed E-state index contributed by atoms with van der Waals surface area (Å²) >= 11 is 0. The van der Waals surface area contributed by atoms with Crippen LogP contribution in [0.3, 0.4) is 0 Å². The van der Waals surface area contributed by atoms with Crippen LogP contribution in [0.5, 0.6) is 0 Å². The lowest BCUT2D eigenvalue weighted by atomic mass is 9.78. The van der Waals surface area contributed by atoms with Gasteiger partial charge < -0.3 is 10.6 Å². The van der Waals surface area contributed by atoms with Gasteiger partial charge in [0.15, 0.2) is 0 Å². The Morgan fingerprint density at radius 3 is 2.80 bits per heavy atom. The second-order valence-corrected chi connectivity index (χ2v) is 6.50. The molecule has 2 rings (SSSR count). The van der Waals surface area contributed by atoms with Crippen LogP contribution in [0.15, 0.2) is 0 Å². The van der Waals surface area contributed by atoms with Gasteiger partial charge in [-0.25, -0.2) is 0 Å². The molecule has 4 heteroatoms. The van der Waals surface area contributed by atoms with E-state index in [2.05, 4.69) is 4.90 Å². The minimum absolute atomic E-state index is 0.274. The molecular formula is C16H31N3O. The van der Waals surface area contributed by atoms with Gasteiger partial charge in [0.2, 0.25) is 5.91 Å². The van der Waals surface area contributed by atoms with E-state index >= 15 is 0 Å². The molecular weight excluding hydrogens is 250 g/mol. The van der Waals surface area contributed by atoms with Crippen LogP contribution in [0.25, 0.3) is 0 Å². The molecule has 116 valence electrons. The minimum Gasteiger partial charge on any atom is -0.346 e. The number of hydrogen-bond acceptors (Lipinski definition) is 3. The van der Waals surface area contributed by atoms with Gasteiger partial charge in [-0.05, 0) is 51.1 Å². The summed E-state index contributed by atoms with van der Waals surface area (Å²) in [6.45, 7) is 3.60. The molecule has 2 aliphatic rings. The predicted octanol–water partition coefficient (Wildman–Crippen LogP) is 1.84. The summed E-state index contributed by atoms with van der Waals surface area (Å²) in [5.41, 5.74) is 5.49. The number of rotatable bonds is 6. The lowest BCUT2D eigenvalue weighted by Gasteiger charge is -2.44. The third-order valence-electron chi connectivity index (χ3n) is 5.09. The fraction of sp³-hybridized carbons (Fsp3) is 0.938. The number of hydrogen-bond donors (Lipinski definition) is 1. The van der Waals surface area contributed by atoms with E-state index in [4.69, 9.17) is 5.73 Å². The Morgan fingerprint density at radius 1 is 1.25 bits per heavy atom. The summed E-state index contributed by atoms with van der Waals surface area (Å²) in [4.78, 5) is 16.6. The molecule has 20 heavy (non-hydrogen) atoms. The van der Waals surface area contributed by atoms with Gasteiger partial charge in [-0.3, -0.25) is 9.69 Å². The van der Waals surface area contributed by atoms with Crippen LogP contribution in [0, 0.1) is 5.92 Å². The molecule has 1 saturated heterocycles. The van der Waals surface area contributed by atoms with Crippen LogP contribution in [0.4, 0.5) is 0 Å². The zero-order valence-electron chi connectivity index (χ0n) is 13.0. The summed E-state index contributed by atoms with van der Waals surface area (Å²) in [7, 11) is 1.90. The average Bonchev–Trinajstić information content (AvgIpc) is 2.50. The zero-order valence-corrected chi connectivity index (χ0v) is 13.0. The van der Waals surface area contributed by atoms with E-state index < -0.39 is 0 Å². The summed E-state index contributed by atoms with van der Waals surface area (Å²) in [5, 5.41) is 0. The highest BCUT2D eigenvalue weighted by atomic mass is 16.2. The Kier molecular flexibility index (Phi) is 6.30. The van der Waals surface area contributed by atoms with Crippen molar-refractivity contribution in [3.05, 3.63) is 0 Å². The molecule has 0 radical (unpaired) electrons. The van der Waals surface area contributed by atoms with Crippen LogP contribution in [0.2, 0.25) is 0 Å². The molecule has 2 fully saturated rings. The smallest absolute Gasteiger partial charge is 0.223 e. The molecule has 2 N–H and O–H groups in total. The molecule has 1 saturated carbocycles. The van der Waals surface area contributed by atoms with Gasteiger partial charge in [0, 0.05) is 32.6 Å². The molecule has 1 heterocycles. The van der Waals surface area contributed by atoms with Gasteiger partial charge in [0.05, 0.1) is 0 Å². The van der Waals surface area contributed by atoms with Crippen LogP contribution in [-0.4, -0.2) is 55.0 Å². The Bertz CT molecular complexity index is 306. The van der Waals surface area contributed by atoms with Crippen LogP contribution < -0.4 is 5.73 Å². The van der Waals surface area contributed by atoms with Gasteiger partial charge >= 0.3 is 0 Å². The monoisotopic (exact) mass is 281 g/mol. The highest BCUT2D eigenvalue weighted by molar-refractivity contribution is 5.76. The quantitative estimate of drug-likeness (QED) is 0.808. The van der Waals surface area contributed by atoms with E-state index in [1.165, 1.54) is 45.1 Å². The van der Waals surface area contributed by atoms with E-state index in [0.717, 1.165) is 31.5 Å². The van der Waals surface area contributed by atoms with Crippen LogP contribution in [0.1, 0.15) is 51.4 Å². The molecule has 2 atom stereocenters. The van der Waals surface area contributed by atoms with Crippen molar-refractivity contribution in [1.29, 1.82) is 0 Å². The SMILES string of the molecule is CN(CCCN)C(=O)CCN1CCCC2CCCCC21. The standard InChI is InChI=1S/C16H31N3O/c1-18(11-5-10-17)16(20)9-13-19-12-4-7-14-6-2-3-8-15(14)19/h14-15H,2-13,17H2,1H3. The lowest BCUT2D eigenvalue weighted by molar-refractivity contribution is -0.130. The topological polar surface area (TPSA) is 49.6 Å². The maximum atomic E-state index is 12.1. The fourth-order valence-corrected chi connectivity index (χ4v) is 3.89. The predicted molar refractivity (Wildman–Crippen MR) is 82.5 cm³/mol. The molecule has 0 spiro atoms. The van der Waals surface area contributed by atoms with Crippen LogP contribution in [-0.2, 0) is 4.79 Å². The first kappa shape index (κ1) is 15.8. The number of fused-ring (bicyclic) bond motifs is 1. The fourth-order valence-electron chi connectivity index (χ4n) is 3.89. The Hall–Kier alpha value is -0.610. The van der Waals surface area contributed by atoms with Crippen molar-refractivity contribution in [2.75, 3.05) is 33.2 Å². The highest BCUT2D eigenvalue weighted by Gasteiger charge is 2.33. The zero-order chi connectivity index (χ0) is 14.4. The Morgan fingerprint density at radius 2 is 2.00 bits per heavy atom. The first-order valence-corrected chi connectivity index (χ1v) is 8.40. The van der Waals surface area contributed by atoms with Gasteiger partial charge in [-0.1, -0.05) is 12.8 Å². The van der Waals surface area contributed by atoms with Gasteiger partial charge in [-0.15, -0.1) is 0 Å². The van der Waals surface area contributed by atoms with Gasteiger partial charge in [0.25, 0.3) is 0 Å². The van der Waals surface area contributed by atoms with Crippen LogP contribution >= 0.6 is 0 Å². The number of nitrogens with two attached hydrogens (primary N) is 1. The summed E-state index contributed by atoms with van der Waals surface area (Å²) in [6.07, 6.45) is 9.84. The molecule has 0 aromatic carbocycles. The minimum atomic E-state index is 0.274. The van der Waals surface area contributed by atoms with Crippen molar-refractivity contribution < 1.29 is 4.79 Å². The Labute approximate surface area is 123 Å². The van der Waals surface area contributed by atoms with Gasteiger partial charge in [-0.2, -0.15) is 0 Å². The lowest BCUT2D eigenvalue weighted by Crippen LogP contribution is -2.47. The summed E-state index contributed by atoms with van der Waals surface area (Å²) in [5.74, 6) is 1.18. The van der Waals surface area contributed by atoms with Crippen molar-refractivity contribution in [3.8, 4) is 0 Å². The molecule has 0 bridgehead atoms. The van der Waals surface area contributed by atoms with E-state index in [1.807, 2.05) is 11.9 Å². The third-order valence-corrected chi connectivity index (χ3v) is 5.09. The molecule has 2 unspecified atom stereocenters. The average molecular weight is 281 g/mol. The van der Waals surface area contributed by atoms with E-state index in [0.29, 0.717) is 13.0 Å². The Balaban J connectivity index is 1.76. The molecule has 4 nitrogen and oxygen atoms in total. The maximum absolute atomic E-state index is 12.1. The number of nitrogens with zero attached hydrogens (tertiary/aromatic N) is 2. The summed E-state index contributed by atoms with van der Waals surface area (Å²) < 4.78 is 0. The molecule has 0 aromatic rings. The summed E-state index contributed by atoms with van der Waals surface area (Å²) in [6, 6.07) is 0.764. The molecule has 1 amide bonds.